The molecule has 4 nitrogen and oxygen atoms in total. The molecule has 1 aromatic rings. The van der Waals surface area contributed by atoms with E-state index >= 15 is 0 Å². The fourth-order valence-corrected chi connectivity index (χ4v) is 2.93. The van der Waals surface area contributed by atoms with Gasteiger partial charge in [0.2, 0.25) is 5.91 Å². The molecule has 0 saturated heterocycles. The summed E-state index contributed by atoms with van der Waals surface area (Å²) in [6, 6.07) is 6.93. The van der Waals surface area contributed by atoms with Crippen LogP contribution in [0.2, 0.25) is 0 Å². The van der Waals surface area contributed by atoms with Gasteiger partial charge in [0.05, 0.1) is 0 Å². The smallest absolute Gasteiger partial charge is 0.247 e. The van der Waals surface area contributed by atoms with Crippen LogP contribution < -0.4 is 0 Å². The fraction of sp³-hybridized carbons (Fsp3) is 0.611. The molecule has 0 fully saturated rings. The number of carbonyl (C=O) groups excluding carboxylic acids is 1. The zero-order valence-electron chi connectivity index (χ0n) is 15.2. The first-order valence-electron chi connectivity index (χ1n) is 8.02. The van der Waals surface area contributed by atoms with Gasteiger partial charge in [-0.15, -0.1) is 0 Å². The first-order valence-corrected chi connectivity index (χ1v) is 8.82. The summed E-state index contributed by atoms with van der Waals surface area (Å²) in [5.74, 6) is -0.0882. The van der Waals surface area contributed by atoms with Gasteiger partial charge in [-0.2, -0.15) is 5.06 Å². The normalized spacial score (nSPS) is 13.7. The Bertz CT molecular complexity index is 513. The van der Waals surface area contributed by atoms with E-state index in [0.29, 0.717) is 0 Å². The van der Waals surface area contributed by atoms with Crippen molar-refractivity contribution in [2.75, 3.05) is 0 Å². The molecular weight excluding hydrogens is 356 g/mol. The Kier molecular flexibility index (Phi) is 6.81. The summed E-state index contributed by atoms with van der Waals surface area (Å²) < 4.78 is 0.942. The maximum Gasteiger partial charge on any atom is 0.247 e. The summed E-state index contributed by atoms with van der Waals surface area (Å²) >= 11 is 3.41. The van der Waals surface area contributed by atoms with Crippen molar-refractivity contribution in [1.29, 1.82) is 0 Å². The maximum absolute atomic E-state index is 13.2. The predicted octanol–water partition coefficient (Wildman–Crippen LogP) is 4.63. The van der Waals surface area contributed by atoms with Gasteiger partial charge < -0.3 is 10.1 Å². The molecular formula is C18H29BrN2O2. The quantitative estimate of drug-likeness (QED) is 0.752. The lowest BCUT2D eigenvalue weighted by Crippen LogP contribution is -2.52. The van der Waals surface area contributed by atoms with E-state index in [1.807, 2.05) is 77.6 Å². The predicted molar refractivity (Wildman–Crippen MR) is 97.4 cm³/mol. The van der Waals surface area contributed by atoms with Crippen LogP contribution in [-0.2, 0) is 4.79 Å². The van der Waals surface area contributed by atoms with Gasteiger partial charge in [-0.1, -0.05) is 28.1 Å². The average Bonchev–Trinajstić information content (AvgIpc) is 2.39. The van der Waals surface area contributed by atoms with Crippen LogP contribution >= 0.6 is 15.9 Å². The molecule has 1 amide bonds. The molecule has 0 aliphatic carbocycles. The molecule has 5 heteroatoms. The lowest BCUT2D eigenvalue weighted by molar-refractivity contribution is -0.200. The second-order valence-corrected chi connectivity index (χ2v) is 8.32. The zero-order chi connectivity index (χ0) is 17.9. The van der Waals surface area contributed by atoms with Crippen LogP contribution in [0.1, 0.15) is 60.1 Å². The molecule has 0 bridgehead atoms. The molecule has 0 aliphatic heterocycles. The molecule has 0 aliphatic rings. The van der Waals surface area contributed by atoms with Gasteiger partial charge in [-0.25, -0.2) is 0 Å². The summed E-state index contributed by atoms with van der Waals surface area (Å²) in [7, 11) is 0. The minimum atomic E-state index is -0.729. The minimum Gasteiger partial charge on any atom is -0.336 e. The molecule has 0 aromatic heterocycles. The molecule has 1 N–H and O–H groups in total. The van der Waals surface area contributed by atoms with Crippen molar-refractivity contribution in [3.05, 3.63) is 34.3 Å². The van der Waals surface area contributed by atoms with Crippen molar-refractivity contribution in [2.45, 2.75) is 72.1 Å². The van der Waals surface area contributed by atoms with E-state index in [0.717, 1.165) is 15.1 Å². The van der Waals surface area contributed by atoms with E-state index in [9.17, 15) is 10.0 Å². The minimum absolute atomic E-state index is 0.0637. The molecule has 1 rings (SSSR count). The van der Waals surface area contributed by atoms with Crippen molar-refractivity contribution in [3.63, 3.8) is 0 Å². The monoisotopic (exact) mass is 384 g/mol. The van der Waals surface area contributed by atoms with Crippen LogP contribution in [0, 0.1) is 0 Å². The van der Waals surface area contributed by atoms with Crippen molar-refractivity contribution in [1.82, 2.24) is 9.96 Å². The van der Waals surface area contributed by atoms with Crippen LogP contribution in [0.5, 0.6) is 0 Å². The molecule has 0 saturated carbocycles. The molecule has 0 radical (unpaired) electrons. The SMILES string of the molecule is CC(C)N(C(=O)C(c1ccc(Br)cc1)N(O)C(C)(C)C)C(C)C. The number of hydrogen-bond donors (Lipinski definition) is 1. The fourth-order valence-electron chi connectivity index (χ4n) is 2.67. The van der Waals surface area contributed by atoms with Crippen molar-refractivity contribution >= 4 is 21.8 Å². The van der Waals surface area contributed by atoms with Crippen molar-refractivity contribution in [2.24, 2.45) is 0 Å². The summed E-state index contributed by atoms with van der Waals surface area (Å²) in [5, 5.41) is 11.9. The van der Waals surface area contributed by atoms with Crippen LogP contribution in [-0.4, -0.2) is 38.7 Å². The van der Waals surface area contributed by atoms with E-state index < -0.39 is 11.6 Å². The van der Waals surface area contributed by atoms with Gasteiger partial charge in [0.25, 0.3) is 0 Å². The van der Waals surface area contributed by atoms with E-state index in [2.05, 4.69) is 15.9 Å². The first-order chi connectivity index (χ1) is 10.5. The highest BCUT2D eigenvalue weighted by molar-refractivity contribution is 9.10. The Hall–Kier alpha value is -0.910. The molecule has 1 aromatic carbocycles. The number of hydroxylamine groups is 2. The number of rotatable bonds is 5. The number of benzene rings is 1. The summed E-state index contributed by atoms with van der Waals surface area (Å²) in [6.07, 6.45) is 0. The Morgan fingerprint density at radius 2 is 1.48 bits per heavy atom. The maximum atomic E-state index is 13.2. The molecule has 23 heavy (non-hydrogen) atoms. The summed E-state index contributed by atoms with van der Waals surface area (Å²) in [4.78, 5) is 15.0. The van der Waals surface area contributed by atoms with E-state index in [4.69, 9.17) is 0 Å². The molecule has 0 spiro atoms. The van der Waals surface area contributed by atoms with Crippen LogP contribution in [0.25, 0.3) is 0 Å². The second-order valence-electron chi connectivity index (χ2n) is 7.40. The van der Waals surface area contributed by atoms with Crippen LogP contribution in [0.3, 0.4) is 0 Å². The largest absolute Gasteiger partial charge is 0.336 e. The van der Waals surface area contributed by atoms with Gasteiger partial charge in [-0.05, 0) is 66.2 Å². The highest BCUT2D eigenvalue weighted by Gasteiger charge is 2.38. The standard InChI is InChI=1S/C18H29BrN2O2/c1-12(2)20(13(3)4)17(22)16(21(23)18(5,6)7)14-8-10-15(19)11-9-14/h8-13,16,23H,1-7H3. The Morgan fingerprint density at radius 3 is 1.83 bits per heavy atom. The summed E-state index contributed by atoms with van der Waals surface area (Å²) in [5.41, 5.74) is 0.231. The third-order valence-corrected chi connectivity index (χ3v) is 4.25. The number of hydrogen-bond acceptors (Lipinski definition) is 3. The Labute approximate surface area is 148 Å². The highest BCUT2D eigenvalue weighted by Crippen LogP contribution is 2.30. The zero-order valence-corrected chi connectivity index (χ0v) is 16.8. The van der Waals surface area contributed by atoms with Gasteiger partial charge in [0, 0.05) is 22.1 Å². The van der Waals surface area contributed by atoms with E-state index in [-0.39, 0.29) is 18.0 Å². The van der Waals surface area contributed by atoms with Crippen molar-refractivity contribution in [3.8, 4) is 0 Å². The number of nitrogens with zero attached hydrogens (tertiary/aromatic N) is 2. The second kappa shape index (κ2) is 7.77. The van der Waals surface area contributed by atoms with E-state index in [1.165, 1.54) is 0 Å². The molecule has 1 atom stereocenters. The highest BCUT2D eigenvalue weighted by atomic mass is 79.9. The molecule has 130 valence electrons. The van der Waals surface area contributed by atoms with Gasteiger partial charge in [0.1, 0.15) is 6.04 Å². The lowest BCUT2D eigenvalue weighted by Gasteiger charge is -2.40. The Morgan fingerprint density at radius 1 is 1.04 bits per heavy atom. The summed E-state index contributed by atoms with van der Waals surface area (Å²) in [6.45, 7) is 13.7. The third-order valence-electron chi connectivity index (χ3n) is 3.72. The number of halogens is 1. The first kappa shape index (κ1) is 20.1. The van der Waals surface area contributed by atoms with Gasteiger partial charge in [0.15, 0.2) is 0 Å². The van der Waals surface area contributed by atoms with Crippen molar-refractivity contribution < 1.29 is 10.0 Å². The average molecular weight is 385 g/mol. The number of carbonyl (C=O) groups is 1. The molecule has 1 unspecified atom stereocenters. The van der Waals surface area contributed by atoms with Crippen LogP contribution in [0.15, 0.2) is 28.7 Å². The third kappa shape index (κ3) is 5.03. The Balaban J connectivity index is 3.34. The molecule has 0 heterocycles. The van der Waals surface area contributed by atoms with Gasteiger partial charge in [-0.3, -0.25) is 4.79 Å². The topological polar surface area (TPSA) is 43.8 Å². The number of amides is 1. The van der Waals surface area contributed by atoms with Gasteiger partial charge >= 0.3 is 0 Å². The lowest BCUT2D eigenvalue weighted by atomic mass is 9.98. The van der Waals surface area contributed by atoms with Crippen LogP contribution in [0.4, 0.5) is 0 Å². The van der Waals surface area contributed by atoms with E-state index in [1.54, 1.807) is 0 Å².